The molecule has 3 rings (SSSR count). The summed E-state index contributed by atoms with van der Waals surface area (Å²) in [6.07, 6.45) is 1.67. The van der Waals surface area contributed by atoms with Gasteiger partial charge in [-0.2, -0.15) is 0 Å². The van der Waals surface area contributed by atoms with Crippen LogP contribution >= 0.6 is 0 Å². The topological polar surface area (TPSA) is 117 Å². The molecule has 0 aliphatic heterocycles. The Morgan fingerprint density at radius 2 is 1.80 bits per heavy atom. The summed E-state index contributed by atoms with van der Waals surface area (Å²) in [6.45, 7) is -0.171. The number of aliphatic hydroxyl groups is 1. The molecular weight excluding hydrogens is 386 g/mol. The summed E-state index contributed by atoms with van der Waals surface area (Å²) in [5.41, 5.74) is 0.100. The van der Waals surface area contributed by atoms with Gasteiger partial charge in [-0.15, -0.1) is 0 Å². The van der Waals surface area contributed by atoms with Crippen LogP contribution in [0.5, 0.6) is 11.6 Å². The molecule has 0 saturated heterocycles. The number of aromatic nitrogens is 2. The molecule has 3 aromatic rings. The van der Waals surface area contributed by atoms with Crippen molar-refractivity contribution in [3.8, 4) is 11.6 Å². The van der Waals surface area contributed by atoms with E-state index in [4.69, 9.17) is 4.74 Å². The Hall–Kier alpha value is -3.65. The molecule has 30 heavy (non-hydrogen) atoms. The van der Waals surface area contributed by atoms with Gasteiger partial charge in [0.2, 0.25) is 5.88 Å². The summed E-state index contributed by atoms with van der Waals surface area (Å²) < 4.78 is 6.16. The minimum atomic E-state index is -0.747. The summed E-state index contributed by atoms with van der Waals surface area (Å²) in [5.74, 6) is 0.179. The molecule has 0 radical (unpaired) electrons. The highest BCUT2D eigenvalue weighted by molar-refractivity contribution is 5.82. The van der Waals surface area contributed by atoms with Crippen LogP contribution < -0.4 is 16.0 Å². The van der Waals surface area contributed by atoms with Crippen molar-refractivity contribution in [3.63, 3.8) is 0 Å². The lowest BCUT2D eigenvalue weighted by Crippen LogP contribution is -2.32. The first-order chi connectivity index (χ1) is 14.5. The minimum Gasteiger partial charge on any atom is -0.497 e. The van der Waals surface area contributed by atoms with Gasteiger partial charge in [0.25, 0.3) is 5.56 Å². The van der Waals surface area contributed by atoms with Gasteiger partial charge in [-0.05, 0) is 29.7 Å². The van der Waals surface area contributed by atoms with E-state index >= 15 is 0 Å². The van der Waals surface area contributed by atoms with E-state index in [-0.39, 0.29) is 18.7 Å². The van der Waals surface area contributed by atoms with Crippen LogP contribution in [0.2, 0.25) is 0 Å². The number of hydrogen-bond donors (Lipinski definition) is 3. The molecule has 0 fully saturated rings. The van der Waals surface area contributed by atoms with E-state index in [1.165, 1.54) is 6.21 Å². The number of benzene rings is 2. The first kappa shape index (κ1) is 21.1. The van der Waals surface area contributed by atoms with Crippen LogP contribution in [0.1, 0.15) is 16.7 Å². The molecule has 0 saturated carbocycles. The van der Waals surface area contributed by atoms with Gasteiger partial charge in [-0.25, -0.2) is 4.79 Å². The van der Waals surface area contributed by atoms with Crippen LogP contribution in [0.15, 0.2) is 69.2 Å². The second kappa shape index (κ2) is 9.71. The van der Waals surface area contributed by atoms with Crippen LogP contribution in [0.25, 0.3) is 0 Å². The zero-order valence-electron chi connectivity index (χ0n) is 16.5. The third kappa shape index (κ3) is 5.03. The number of rotatable bonds is 8. The molecule has 0 aliphatic rings. The Morgan fingerprint density at radius 3 is 2.43 bits per heavy atom. The number of aliphatic imine (C=N–C) groups is 1. The van der Waals surface area contributed by atoms with E-state index < -0.39 is 23.2 Å². The number of aromatic amines is 1. The maximum absolute atomic E-state index is 12.2. The molecule has 0 aliphatic carbocycles. The van der Waals surface area contributed by atoms with Crippen molar-refractivity contribution in [2.45, 2.75) is 19.0 Å². The molecule has 8 heteroatoms. The number of ether oxygens (including phenoxy) is 1. The van der Waals surface area contributed by atoms with E-state index in [0.717, 1.165) is 15.7 Å². The smallest absolute Gasteiger partial charge is 0.331 e. The van der Waals surface area contributed by atoms with Crippen LogP contribution in [-0.2, 0) is 13.0 Å². The standard InChI is InChI=1S/C22H23N3O5/c1-30-18-9-7-16(8-10-18)13-25-21(28)19(20(27)24-22(25)29)12-23-17(14-26)11-15-5-3-2-4-6-15/h2-10,12,17,26,28H,11,13-14H2,1H3,(H,24,27,29). The number of hydrogen-bond acceptors (Lipinski definition) is 6. The maximum Gasteiger partial charge on any atom is 0.331 e. The number of H-pyrrole nitrogens is 1. The highest BCUT2D eigenvalue weighted by Gasteiger charge is 2.14. The maximum atomic E-state index is 12.2. The molecule has 1 atom stereocenters. The molecule has 0 amide bonds. The Morgan fingerprint density at radius 1 is 1.10 bits per heavy atom. The lowest BCUT2D eigenvalue weighted by molar-refractivity contribution is 0.266. The van der Waals surface area contributed by atoms with E-state index in [9.17, 15) is 19.8 Å². The van der Waals surface area contributed by atoms with Crippen molar-refractivity contribution in [2.75, 3.05) is 13.7 Å². The molecule has 3 N–H and O–H groups in total. The Bertz CT molecular complexity index is 1120. The number of nitrogens with one attached hydrogen (secondary N) is 1. The van der Waals surface area contributed by atoms with E-state index in [1.54, 1.807) is 31.4 Å². The summed E-state index contributed by atoms with van der Waals surface area (Å²) in [5, 5.41) is 20.2. The second-order valence-corrected chi connectivity index (χ2v) is 6.74. The minimum absolute atomic E-state index is 0.0553. The SMILES string of the molecule is COc1ccc(Cn2c(O)c(C=NC(CO)Cc3ccccc3)c(=O)[nH]c2=O)cc1. The normalized spacial score (nSPS) is 12.2. The summed E-state index contributed by atoms with van der Waals surface area (Å²) in [4.78, 5) is 30.9. The predicted molar refractivity (Wildman–Crippen MR) is 114 cm³/mol. The van der Waals surface area contributed by atoms with Gasteiger partial charge in [-0.1, -0.05) is 42.5 Å². The zero-order valence-corrected chi connectivity index (χ0v) is 16.5. The Kier molecular flexibility index (Phi) is 6.82. The number of nitrogens with zero attached hydrogens (tertiary/aromatic N) is 2. The third-order valence-electron chi connectivity index (χ3n) is 4.65. The van der Waals surface area contributed by atoms with Gasteiger partial charge >= 0.3 is 5.69 Å². The van der Waals surface area contributed by atoms with Crippen molar-refractivity contribution in [2.24, 2.45) is 4.99 Å². The van der Waals surface area contributed by atoms with Crippen molar-refractivity contribution in [1.29, 1.82) is 0 Å². The summed E-state index contributed by atoms with van der Waals surface area (Å²) >= 11 is 0. The highest BCUT2D eigenvalue weighted by atomic mass is 16.5. The summed E-state index contributed by atoms with van der Waals surface area (Å²) in [6, 6.07) is 16.0. The van der Waals surface area contributed by atoms with Crippen molar-refractivity contribution >= 4 is 6.21 Å². The van der Waals surface area contributed by atoms with E-state index in [1.807, 2.05) is 30.3 Å². The number of aromatic hydroxyl groups is 1. The van der Waals surface area contributed by atoms with Gasteiger partial charge in [0.1, 0.15) is 11.3 Å². The third-order valence-corrected chi connectivity index (χ3v) is 4.65. The van der Waals surface area contributed by atoms with Gasteiger partial charge in [-0.3, -0.25) is 19.3 Å². The van der Waals surface area contributed by atoms with E-state index in [0.29, 0.717) is 12.2 Å². The molecule has 1 unspecified atom stereocenters. The van der Waals surface area contributed by atoms with Crippen LogP contribution in [0.3, 0.4) is 0 Å². The first-order valence-electron chi connectivity index (χ1n) is 9.38. The highest BCUT2D eigenvalue weighted by Crippen LogP contribution is 2.15. The average molecular weight is 409 g/mol. The Labute approximate surface area is 172 Å². The van der Waals surface area contributed by atoms with Gasteiger partial charge in [0.05, 0.1) is 26.3 Å². The lowest BCUT2D eigenvalue weighted by Gasteiger charge is -2.11. The van der Waals surface area contributed by atoms with Gasteiger partial charge in [0, 0.05) is 6.21 Å². The quantitative estimate of drug-likeness (QED) is 0.485. The van der Waals surface area contributed by atoms with Crippen molar-refractivity contribution < 1.29 is 14.9 Å². The van der Waals surface area contributed by atoms with Crippen LogP contribution in [0, 0.1) is 0 Å². The summed E-state index contributed by atoms with van der Waals surface area (Å²) in [7, 11) is 1.55. The molecule has 0 bridgehead atoms. The van der Waals surface area contributed by atoms with Gasteiger partial charge < -0.3 is 14.9 Å². The second-order valence-electron chi connectivity index (χ2n) is 6.74. The number of aliphatic hydroxyl groups excluding tert-OH is 1. The molecule has 156 valence electrons. The van der Waals surface area contributed by atoms with Gasteiger partial charge in [0.15, 0.2) is 0 Å². The molecule has 1 heterocycles. The Balaban J connectivity index is 1.87. The van der Waals surface area contributed by atoms with Crippen LogP contribution in [0.4, 0.5) is 0 Å². The fourth-order valence-corrected chi connectivity index (χ4v) is 2.98. The average Bonchev–Trinajstić information content (AvgIpc) is 2.76. The molecule has 8 nitrogen and oxygen atoms in total. The fourth-order valence-electron chi connectivity index (χ4n) is 2.98. The fraction of sp³-hybridized carbons (Fsp3) is 0.227. The molecular formula is C22H23N3O5. The molecule has 1 aromatic heterocycles. The monoisotopic (exact) mass is 409 g/mol. The van der Waals surface area contributed by atoms with Crippen LogP contribution in [-0.4, -0.2) is 45.7 Å². The predicted octanol–water partition coefficient (Wildman–Crippen LogP) is 1.32. The lowest BCUT2D eigenvalue weighted by atomic mass is 10.1. The molecule has 0 spiro atoms. The largest absolute Gasteiger partial charge is 0.497 e. The van der Waals surface area contributed by atoms with Crippen molar-refractivity contribution in [1.82, 2.24) is 9.55 Å². The molecule has 2 aromatic carbocycles. The van der Waals surface area contributed by atoms with Crippen molar-refractivity contribution in [3.05, 3.63) is 92.1 Å². The number of methoxy groups -OCH3 is 1. The zero-order chi connectivity index (χ0) is 21.5. The van der Waals surface area contributed by atoms with E-state index in [2.05, 4.69) is 9.98 Å². The first-order valence-corrected chi connectivity index (χ1v) is 9.38.